The molecule has 3 aromatic rings. The van der Waals surface area contributed by atoms with Gasteiger partial charge in [-0.3, -0.25) is 0 Å². The molecule has 0 spiro atoms. The van der Waals surface area contributed by atoms with Gasteiger partial charge in [-0.05, 0) is 72.9 Å². The maximum Gasteiger partial charge on any atom is 0.172 e. The van der Waals surface area contributed by atoms with Crippen LogP contribution in [0.2, 0.25) is 5.02 Å². The van der Waals surface area contributed by atoms with E-state index in [9.17, 15) is 4.39 Å². The summed E-state index contributed by atoms with van der Waals surface area (Å²) in [6, 6.07) is 10.5. The van der Waals surface area contributed by atoms with Crippen molar-refractivity contribution in [3.05, 3.63) is 82.2 Å². The van der Waals surface area contributed by atoms with E-state index in [2.05, 4.69) is 21.1 Å². The van der Waals surface area contributed by atoms with Crippen molar-refractivity contribution in [2.24, 2.45) is 5.16 Å². The number of aromatic nitrogens is 2. The molecule has 0 radical (unpaired) electrons. The van der Waals surface area contributed by atoms with Gasteiger partial charge < -0.3 is 19.0 Å². The van der Waals surface area contributed by atoms with Gasteiger partial charge in [0.1, 0.15) is 18.2 Å². The summed E-state index contributed by atoms with van der Waals surface area (Å²) < 4.78 is 21.6. The molecule has 0 bridgehead atoms. The molecule has 1 fully saturated rings. The van der Waals surface area contributed by atoms with Gasteiger partial charge in [-0.15, -0.1) is 0 Å². The SMILES string of the molecule is COc1cc(C=C2CCCN3C2=NOC[C@H]3c2cc(F)cc(Cl)c2)ccc1-n1cnc(C)c1. The third-order valence-corrected chi connectivity index (χ3v) is 6.19. The van der Waals surface area contributed by atoms with Crippen molar-refractivity contribution < 1.29 is 14.0 Å². The Hall–Kier alpha value is -3.32. The quantitative estimate of drug-likeness (QED) is 0.506. The van der Waals surface area contributed by atoms with E-state index in [1.807, 2.05) is 35.9 Å². The molecule has 1 saturated heterocycles. The average molecular weight is 467 g/mol. The molecule has 3 heterocycles. The number of oxime groups is 1. The summed E-state index contributed by atoms with van der Waals surface area (Å²) in [5.41, 5.74) is 4.72. The number of imidazole rings is 1. The third-order valence-electron chi connectivity index (χ3n) is 5.97. The number of aryl methyl sites for hydroxylation is 1. The number of fused-ring (bicyclic) bond motifs is 1. The molecule has 1 aromatic heterocycles. The topological polar surface area (TPSA) is 51.9 Å². The van der Waals surface area contributed by atoms with Gasteiger partial charge in [0, 0.05) is 17.8 Å². The monoisotopic (exact) mass is 466 g/mol. The van der Waals surface area contributed by atoms with Gasteiger partial charge in [0.05, 0.1) is 30.9 Å². The molecule has 170 valence electrons. The lowest BCUT2D eigenvalue weighted by Crippen LogP contribution is -2.44. The number of hydrogen-bond donors (Lipinski definition) is 0. The summed E-state index contributed by atoms with van der Waals surface area (Å²) in [6.07, 6.45) is 7.69. The first kappa shape index (κ1) is 21.5. The van der Waals surface area contributed by atoms with E-state index >= 15 is 0 Å². The first-order valence-corrected chi connectivity index (χ1v) is 11.2. The van der Waals surface area contributed by atoms with Crippen molar-refractivity contribution in [2.45, 2.75) is 25.8 Å². The maximum atomic E-state index is 14.0. The van der Waals surface area contributed by atoms with E-state index in [-0.39, 0.29) is 11.9 Å². The van der Waals surface area contributed by atoms with E-state index in [1.165, 1.54) is 12.1 Å². The van der Waals surface area contributed by atoms with Crippen LogP contribution in [0.3, 0.4) is 0 Å². The average Bonchev–Trinajstić information content (AvgIpc) is 3.24. The van der Waals surface area contributed by atoms with Crippen LogP contribution in [0.5, 0.6) is 5.75 Å². The van der Waals surface area contributed by atoms with Gasteiger partial charge in [0.15, 0.2) is 5.84 Å². The van der Waals surface area contributed by atoms with Crippen molar-refractivity contribution >= 4 is 23.5 Å². The fourth-order valence-corrected chi connectivity index (χ4v) is 4.68. The molecule has 33 heavy (non-hydrogen) atoms. The molecular weight excluding hydrogens is 443 g/mol. The van der Waals surface area contributed by atoms with Crippen LogP contribution < -0.4 is 4.74 Å². The largest absolute Gasteiger partial charge is 0.495 e. The lowest BCUT2D eigenvalue weighted by atomic mass is 9.96. The Morgan fingerprint density at radius 1 is 1.24 bits per heavy atom. The molecule has 2 aliphatic rings. The number of halogens is 2. The normalized spacial score (nSPS) is 19.2. The second kappa shape index (κ2) is 8.90. The highest BCUT2D eigenvalue weighted by Gasteiger charge is 2.33. The van der Waals surface area contributed by atoms with Gasteiger partial charge in [0.25, 0.3) is 0 Å². The van der Waals surface area contributed by atoms with E-state index in [0.29, 0.717) is 11.6 Å². The van der Waals surface area contributed by atoms with Crippen molar-refractivity contribution in [3.8, 4) is 11.4 Å². The fourth-order valence-electron chi connectivity index (χ4n) is 4.45. The smallest absolute Gasteiger partial charge is 0.172 e. The van der Waals surface area contributed by atoms with Crippen molar-refractivity contribution in [1.29, 1.82) is 0 Å². The number of benzene rings is 2. The Bertz CT molecular complexity index is 1230. The van der Waals surface area contributed by atoms with Gasteiger partial charge in [0.2, 0.25) is 0 Å². The minimum absolute atomic E-state index is 0.143. The Morgan fingerprint density at radius 2 is 2.12 bits per heavy atom. The second-order valence-electron chi connectivity index (χ2n) is 8.25. The molecule has 0 unspecified atom stereocenters. The van der Waals surface area contributed by atoms with Gasteiger partial charge in [-0.25, -0.2) is 9.37 Å². The number of methoxy groups -OCH3 is 1. The molecular formula is C25H24ClFN4O2. The lowest BCUT2D eigenvalue weighted by molar-refractivity contribution is 0.0574. The molecule has 6 nitrogen and oxygen atoms in total. The van der Waals surface area contributed by atoms with Crippen LogP contribution in [0.25, 0.3) is 11.8 Å². The summed E-state index contributed by atoms with van der Waals surface area (Å²) in [5.74, 6) is 1.18. The number of rotatable bonds is 4. The Kier molecular flexibility index (Phi) is 5.81. The zero-order valence-corrected chi connectivity index (χ0v) is 19.2. The number of ether oxygens (including phenoxy) is 1. The summed E-state index contributed by atoms with van der Waals surface area (Å²) in [5, 5.41) is 4.74. The molecule has 0 amide bonds. The lowest BCUT2D eigenvalue weighted by Gasteiger charge is -2.40. The standard InChI is InChI=1S/C25H24ClFN4O2/c1-16-13-30(15-28-16)22-6-5-17(9-24(22)32-2)8-18-4-3-7-31-23(14-33-29-25(18)31)19-10-20(26)12-21(27)11-19/h5-6,8-13,15,23H,3-4,7,14H2,1-2H3/t23-/m0/s1. The first-order chi connectivity index (χ1) is 16.0. The molecule has 2 aliphatic heterocycles. The maximum absolute atomic E-state index is 14.0. The Labute approximate surface area is 196 Å². The number of piperidine rings is 1. The van der Waals surface area contributed by atoms with Crippen molar-refractivity contribution in [3.63, 3.8) is 0 Å². The fraction of sp³-hybridized carbons (Fsp3) is 0.280. The van der Waals surface area contributed by atoms with Crippen LogP contribution in [0.15, 0.2) is 59.7 Å². The van der Waals surface area contributed by atoms with E-state index in [4.69, 9.17) is 21.2 Å². The predicted molar refractivity (Wildman–Crippen MR) is 126 cm³/mol. The highest BCUT2D eigenvalue weighted by atomic mass is 35.5. The zero-order chi connectivity index (χ0) is 22.9. The Balaban J connectivity index is 1.46. The van der Waals surface area contributed by atoms with Crippen LogP contribution >= 0.6 is 11.6 Å². The van der Waals surface area contributed by atoms with Crippen LogP contribution in [-0.4, -0.2) is 40.5 Å². The number of hydrogen-bond acceptors (Lipinski definition) is 5. The van der Waals surface area contributed by atoms with E-state index in [1.54, 1.807) is 19.5 Å². The second-order valence-corrected chi connectivity index (χ2v) is 8.69. The molecule has 1 atom stereocenters. The molecule has 0 saturated carbocycles. The van der Waals surface area contributed by atoms with Crippen LogP contribution in [0, 0.1) is 12.7 Å². The van der Waals surface area contributed by atoms with Gasteiger partial charge in [-0.2, -0.15) is 0 Å². The molecule has 5 rings (SSSR count). The molecule has 8 heteroatoms. The van der Waals surface area contributed by atoms with Crippen molar-refractivity contribution in [1.82, 2.24) is 14.5 Å². The van der Waals surface area contributed by atoms with Crippen LogP contribution in [0.1, 0.15) is 35.7 Å². The molecule has 0 aliphatic carbocycles. The summed E-state index contributed by atoms with van der Waals surface area (Å²) >= 11 is 6.11. The summed E-state index contributed by atoms with van der Waals surface area (Å²) in [4.78, 5) is 12.1. The Morgan fingerprint density at radius 3 is 2.88 bits per heavy atom. The van der Waals surface area contributed by atoms with E-state index in [0.717, 1.165) is 59.1 Å². The van der Waals surface area contributed by atoms with Crippen molar-refractivity contribution in [2.75, 3.05) is 20.3 Å². The minimum Gasteiger partial charge on any atom is -0.495 e. The highest BCUT2D eigenvalue weighted by molar-refractivity contribution is 6.30. The van der Waals surface area contributed by atoms with E-state index < -0.39 is 0 Å². The molecule has 2 aromatic carbocycles. The minimum atomic E-state index is -0.352. The zero-order valence-electron chi connectivity index (χ0n) is 18.5. The van der Waals surface area contributed by atoms with Crippen LogP contribution in [0.4, 0.5) is 4.39 Å². The summed E-state index contributed by atoms with van der Waals surface area (Å²) in [7, 11) is 1.66. The highest BCUT2D eigenvalue weighted by Crippen LogP contribution is 2.34. The number of nitrogens with zero attached hydrogens (tertiary/aromatic N) is 4. The first-order valence-electron chi connectivity index (χ1n) is 10.8. The van der Waals surface area contributed by atoms with Gasteiger partial charge in [-0.1, -0.05) is 22.8 Å². The van der Waals surface area contributed by atoms with Gasteiger partial charge >= 0.3 is 0 Å². The predicted octanol–water partition coefficient (Wildman–Crippen LogP) is 5.55. The van der Waals surface area contributed by atoms with Crippen LogP contribution in [-0.2, 0) is 4.84 Å². The summed E-state index contributed by atoms with van der Waals surface area (Å²) in [6.45, 7) is 3.12. The molecule has 0 N–H and O–H groups in total. The third kappa shape index (κ3) is 4.33. The number of amidine groups is 1.